The van der Waals surface area contributed by atoms with Crippen molar-refractivity contribution in [2.45, 2.75) is 12.5 Å². The minimum atomic E-state index is 0. The van der Waals surface area contributed by atoms with Gasteiger partial charge in [0.2, 0.25) is 0 Å². The van der Waals surface area contributed by atoms with Gasteiger partial charge < -0.3 is 19.9 Å². The van der Waals surface area contributed by atoms with Crippen LogP contribution in [0.2, 0.25) is 0 Å². The molecule has 1 saturated heterocycles. The Labute approximate surface area is 132 Å². The summed E-state index contributed by atoms with van der Waals surface area (Å²) in [5.74, 6) is 1.47. The van der Waals surface area contributed by atoms with Gasteiger partial charge in [-0.2, -0.15) is 0 Å². The average molecular weight is 317 g/mol. The van der Waals surface area contributed by atoms with E-state index in [4.69, 9.17) is 9.47 Å². The number of piperazine rings is 1. The number of methoxy groups -OCH3 is 2. The van der Waals surface area contributed by atoms with Crippen LogP contribution in [0.1, 0.15) is 18.0 Å². The van der Waals surface area contributed by atoms with Crippen molar-refractivity contribution in [3.8, 4) is 11.5 Å². The summed E-state index contributed by atoms with van der Waals surface area (Å²) in [5.41, 5.74) is 1.17. The van der Waals surface area contributed by atoms with Gasteiger partial charge in [-0.1, -0.05) is 6.07 Å². The zero-order valence-electron chi connectivity index (χ0n) is 12.7. The van der Waals surface area contributed by atoms with E-state index in [1.807, 2.05) is 12.1 Å². The number of hydrogen-bond acceptors (Lipinski definition) is 5. The van der Waals surface area contributed by atoms with E-state index >= 15 is 0 Å². The van der Waals surface area contributed by atoms with E-state index in [0.29, 0.717) is 0 Å². The molecule has 0 amide bonds. The molecule has 0 unspecified atom stereocenters. The standard InChI is InChI=1S/C15H24N2O3.ClH/c1-19-14-4-3-12(11-15(14)20-2)13(5-10-18)17-8-6-16-7-9-17;/h3-4,11,13,16,18H,5-10H2,1-2H3;1H/t13-;/m1./s1. The first kappa shape index (κ1) is 18.0. The third kappa shape index (κ3) is 4.48. The molecule has 0 bridgehead atoms. The fraction of sp³-hybridized carbons (Fsp3) is 0.600. The highest BCUT2D eigenvalue weighted by molar-refractivity contribution is 5.85. The average Bonchev–Trinajstić information content (AvgIpc) is 2.52. The van der Waals surface area contributed by atoms with Gasteiger partial charge in [-0.05, 0) is 24.1 Å². The van der Waals surface area contributed by atoms with Gasteiger partial charge in [-0.15, -0.1) is 12.4 Å². The Kier molecular flexibility index (Phi) is 7.82. The molecule has 6 heteroatoms. The zero-order chi connectivity index (χ0) is 14.4. The summed E-state index contributed by atoms with van der Waals surface area (Å²) in [6.45, 7) is 4.17. The molecule has 1 atom stereocenters. The molecule has 0 aliphatic carbocycles. The van der Waals surface area contributed by atoms with Crippen molar-refractivity contribution in [3.63, 3.8) is 0 Å². The second-order valence-corrected chi connectivity index (χ2v) is 4.93. The minimum Gasteiger partial charge on any atom is -0.493 e. The van der Waals surface area contributed by atoms with E-state index in [2.05, 4.69) is 16.3 Å². The van der Waals surface area contributed by atoms with E-state index in [9.17, 15) is 5.11 Å². The molecule has 1 aliphatic heterocycles. The monoisotopic (exact) mass is 316 g/mol. The number of ether oxygens (including phenoxy) is 2. The fourth-order valence-corrected chi connectivity index (χ4v) is 2.74. The number of nitrogens with one attached hydrogen (secondary N) is 1. The lowest BCUT2D eigenvalue weighted by Crippen LogP contribution is -2.45. The second-order valence-electron chi connectivity index (χ2n) is 4.93. The predicted octanol–water partition coefficient (Wildman–Crippen LogP) is 1.45. The normalized spacial score (nSPS) is 16.9. The van der Waals surface area contributed by atoms with Gasteiger partial charge in [0.25, 0.3) is 0 Å². The second kappa shape index (κ2) is 9.10. The van der Waals surface area contributed by atoms with E-state index in [1.165, 1.54) is 5.56 Å². The Balaban J connectivity index is 0.00000220. The summed E-state index contributed by atoms with van der Waals surface area (Å²) in [4.78, 5) is 2.41. The molecule has 1 fully saturated rings. The Hall–Kier alpha value is -1.01. The van der Waals surface area contributed by atoms with Crippen LogP contribution in [-0.2, 0) is 0 Å². The lowest BCUT2D eigenvalue weighted by atomic mass is 10.0. The molecule has 1 heterocycles. The molecule has 1 aromatic rings. The van der Waals surface area contributed by atoms with Crippen molar-refractivity contribution in [2.24, 2.45) is 0 Å². The maximum absolute atomic E-state index is 9.36. The maximum Gasteiger partial charge on any atom is 0.161 e. The van der Waals surface area contributed by atoms with Gasteiger partial charge >= 0.3 is 0 Å². The number of aliphatic hydroxyl groups excluding tert-OH is 1. The predicted molar refractivity (Wildman–Crippen MR) is 85.7 cm³/mol. The van der Waals surface area contributed by atoms with E-state index in [1.54, 1.807) is 14.2 Å². The molecule has 1 aromatic carbocycles. The van der Waals surface area contributed by atoms with Crippen molar-refractivity contribution in [1.29, 1.82) is 0 Å². The van der Waals surface area contributed by atoms with Crippen molar-refractivity contribution in [3.05, 3.63) is 23.8 Å². The van der Waals surface area contributed by atoms with Crippen LogP contribution in [0.4, 0.5) is 0 Å². The van der Waals surface area contributed by atoms with Gasteiger partial charge in [0, 0.05) is 38.8 Å². The molecule has 0 aromatic heterocycles. The lowest BCUT2D eigenvalue weighted by molar-refractivity contribution is 0.141. The van der Waals surface area contributed by atoms with Crippen molar-refractivity contribution < 1.29 is 14.6 Å². The van der Waals surface area contributed by atoms with Crippen LogP contribution >= 0.6 is 12.4 Å². The van der Waals surface area contributed by atoms with Gasteiger partial charge in [-0.25, -0.2) is 0 Å². The Morgan fingerprint density at radius 3 is 2.43 bits per heavy atom. The number of benzene rings is 1. The first-order valence-electron chi connectivity index (χ1n) is 7.07. The van der Waals surface area contributed by atoms with Crippen LogP contribution in [0.3, 0.4) is 0 Å². The topological polar surface area (TPSA) is 54.0 Å². The summed E-state index contributed by atoms with van der Waals surface area (Å²) in [6.07, 6.45) is 0.732. The number of rotatable bonds is 6. The van der Waals surface area contributed by atoms with Crippen LogP contribution in [0.25, 0.3) is 0 Å². The number of nitrogens with zero attached hydrogens (tertiary/aromatic N) is 1. The molecular weight excluding hydrogens is 292 g/mol. The third-order valence-corrected chi connectivity index (χ3v) is 3.79. The molecular formula is C15H25ClN2O3. The van der Waals surface area contributed by atoms with E-state index in [0.717, 1.165) is 44.1 Å². The highest BCUT2D eigenvalue weighted by atomic mass is 35.5. The van der Waals surface area contributed by atoms with Crippen LogP contribution in [0.5, 0.6) is 11.5 Å². The van der Waals surface area contributed by atoms with Gasteiger partial charge in [-0.3, -0.25) is 4.90 Å². The summed E-state index contributed by atoms with van der Waals surface area (Å²) >= 11 is 0. The number of hydrogen-bond donors (Lipinski definition) is 2. The SMILES string of the molecule is COc1ccc([C@@H](CCO)N2CCNCC2)cc1OC.Cl. The first-order valence-corrected chi connectivity index (χ1v) is 7.07. The Morgan fingerprint density at radius 1 is 1.19 bits per heavy atom. The number of aliphatic hydroxyl groups is 1. The fourth-order valence-electron chi connectivity index (χ4n) is 2.74. The molecule has 0 radical (unpaired) electrons. The van der Waals surface area contributed by atoms with Gasteiger partial charge in [0.1, 0.15) is 0 Å². The molecule has 1 aliphatic rings. The summed E-state index contributed by atoms with van der Waals surface area (Å²) in [7, 11) is 3.28. The van der Waals surface area contributed by atoms with Crippen molar-refractivity contribution in [2.75, 3.05) is 47.0 Å². The zero-order valence-corrected chi connectivity index (χ0v) is 13.5. The maximum atomic E-state index is 9.36. The molecule has 5 nitrogen and oxygen atoms in total. The summed E-state index contributed by atoms with van der Waals surface area (Å²) in [5, 5.41) is 12.7. The minimum absolute atomic E-state index is 0. The van der Waals surface area contributed by atoms with Crippen LogP contribution < -0.4 is 14.8 Å². The molecule has 0 spiro atoms. The van der Waals surface area contributed by atoms with E-state index < -0.39 is 0 Å². The van der Waals surface area contributed by atoms with Gasteiger partial charge in [0.15, 0.2) is 11.5 Å². The third-order valence-electron chi connectivity index (χ3n) is 3.79. The molecule has 2 N–H and O–H groups in total. The van der Waals surface area contributed by atoms with Crippen molar-refractivity contribution >= 4 is 12.4 Å². The van der Waals surface area contributed by atoms with E-state index in [-0.39, 0.29) is 25.1 Å². The first-order chi connectivity index (χ1) is 9.80. The summed E-state index contributed by atoms with van der Waals surface area (Å²) in [6, 6.07) is 6.23. The Bertz CT molecular complexity index is 425. The molecule has 0 saturated carbocycles. The molecule has 21 heavy (non-hydrogen) atoms. The van der Waals surface area contributed by atoms with Crippen LogP contribution in [0.15, 0.2) is 18.2 Å². The van der Waals surface area contributed by atoms with Gasteiger partial charge in [0.05, 0.1) is 14.2 Å². The summed E-state index contributed by atoms with van der Waals surface area (Å²) < 4.78 is 10.7. The van der Waals surface area contributed by atoms with Crippen molar-refractivity contribution in [1.82, 2.24) is 10.2 Å². The highest BCUT2D eigenvalue weighted by Crippen LogP contribution is 2.33. The smallest absolute Gasteiger partial charge is 0.161 e. The Morgan fingerprint density at radius 2 is 1.86 bits per heavy atom. The lowest BCUT2D eigenvalue weighted by Gasteiger charge is -2.35. The largest absolute Gasteiger partial charge is 0.493 e. The number of halogens is 1. The molecule has 120 valence electrons. The quantitative estimate of drug-likeness (QED) is 0.832. The van der Waals surface area contributed by atoms with Crippen LogP contribution in [0, 0.1) is 0 Å². The highest BCUT2D eigenvalue weighted by Gasteiger charge is 2.22. The van der Waals surface area contributed by atoms with Crippen LogP contribution in [-0.4, -0.2) is 57.0 Å². The molecule has 2 rings (SSSR count).